The topological polar surface area (TPSA) is 80.5 Å². The summed E-state index contributed by atoms with van der Waals surface area (Å²) in [6.07, 6.45) is 7.18. The molecule has 3 aliphatic rings. The van der Waals surface area contributed by atoms with Crippen LogP contribution in [0.15, 0.2) is 72.0 Å². The molecule has 1 fully saturated rings. The smallest absolute Gasteiger partial charge is 0.154 e. The number of hydrogen-bond donors (Lipinski definition) is 4. The van der Waals surface area contributed by atoms with Gasteiger partial charge in [-0.2, -0.15) is 0 Å². The number of morpholine rings is 1. The molecule has 0 aliphatic carbocycles. The molecule has 2 aromatic rings. The lowest BCUT2D eigenvalue weighted by atomic mass is 10.0. The number of H-pyrrole nitrogens is 1. The van der Waals surface area contributed by atoms with Gasteiger partial charge in [-0.05, 0) is 38.1 Å². The highest BCUT2D eigenvalue weighted by Gasteiger charge is 2.35. The summed E-state index contributed by atoms with van der Waals surface area (Å²) in [4.78, 5) is 13.1. The molecule has 4 N–H and O–H groups in total. The van der Waals surface area contributed by atoms with Crippen molar-refractivity contribution in [1.29, 1.82) is 0 Å². The molecule has 0 spiro atoms. The predicted octanol–water partition coefficient (Wildman–Crippen LogP) is 2.67. The molecule has 0 bridgehead atoms. The summed E-state index contributed by atoms with van der Waals surface area (Å²) in [6.45, 7) is 13.5. The number of imidazole rings is 1. The average Bonchev–Trinajstić information content (AvgIpc) is 3.35. The van der Waals surface area contributed by atoms with E-state index in [1.54, 1.807) is 0 Å². The molecule has 0 radical (unpaired) electrons. The molecule has 0 amide bonds. The van der Waals surface area contributed by atoms with E-state index in [1.807, 2.05) is 13.2 Å². The Morgan fingerprint density at radius 1 is 1.14 bits per heavy atom. The third kappa shape index (κ3) is 5.05. The van der Waals surface area contributed by atoms with Gasteiger partial charge in [0.25, 0.3) is 0 Å². The van der Waals surface area contributed by atoms with Crippen LogP contribution in [0.25, 0.3) is 5.70 Å². The van der Waals surface area contributed by atoms with Crippen LogP contribution in [0.5, 0.6) is 0 Å². The van der Waals surface area contributed by atoms with E-state index >= 15 is 0 Å². The minimum Gasteiger partial charge on any atom is -0.384 e. The van der Waals surface area contributed by atoms with Gasteiger partial charge in [0.1, 0.15) is 6.17 Å². The summed E-state index contributed by atoms with van der Waals surface area (Å²) < 4.78 is 5.61. The van der Waals surface area contributed by atoms with Gasteiger partial charge in [0, 0.05) is 56.4 Å². The number of ether oxygens (including phenoxy) is 1. The normalized spacial score (nSPS) is 20.1. The standard InChI is InChI=1S/C28H37N7O/c1-19-5-7-22(8-6-19)15-23-17-31-27(33-23)26-20(2)21(3)32-28-25(30-10-9-29-4)16-24(18-35(26)28)34-11-13-36-14-12-34/h5-8,16-18,28-30,32H,3,9-15H2,1-2,4H3,(H,31,33). The van der Waals surface area contributed by atoms with Crippen LogP contribution in [0.2, 0.25) is 0 Å². The van der Waals surface area contributed by atoms with E-state index < -0.39 is 0 Å². The van der Waals surface area contributed by atoms with Crippen molar-refractivity contribution in [1.82, 2.24) is 35.7 Å². The van der Waals surface area contributed by atoms with Gasteiger partial charge < -0.3 is 35.5 Å². The number of aromatic nitrogens is 2. The van der Waals surface area contributed by atoms with Gasteiger partial charge in [-0.1, -0.05) is 36.4 Å². The average molecular weight is 488 g/mol. The van der Waals surface area contributed by atoms with E-state index in [2.05, 4.69) is 87.7 Å². The lowest BCUT2D eigenvalue weighted by Gasteiger charge is -2.44. The number of hydrogen-bond acceptors (Lipinski definition) is 7. The summed E-state index contributed by atoms with van der Waals surface area (Å²) in [5.74, 6) is 0.858. The van der Waals surface area contributed by atoms with E-state index in [0.717, 1.165) is 80.0 Å². The van der Waals surface area contributed by atoms with Crippen molar-refractivity contribution in [3.63, 3.8) is 0 Å². The maximum atomic E-state index is 5.61. The first kappa shape index (κ1) is 24.2. The van der Waals surface area contributed by atoms with E-state index in [1.165, 1.54) is 16.8 Å². The molecule has 36 heavy (non-hydrogen) atoms. The molecule has 5 rings (SSSR count). The fourth-order valence-electron chi connectivity index (χ4n) is 4.86. The Hall–Kier alpha value is -3.49. The van der Waals surface area contributed by atoms with Gasteiger partial charge in [-0.25, -0.2) is 4.98 Å². The second-order valence-corrected chi connectivity index (χ2v) is 9.61. The monoisotopic (exact) mass is 487 g/mol. The number of rotatable bonds is 8. The maximum absolute atomic E-state index is 5.61. The second kappa shape index (κ2) is 10.6. The van der Waals surface area contributed by atoms with E-state index in [4.69, 9.17) is 9.72 Å². The number of nitrogens with one attached hydrogen (secondary N) is 4. The van der Waals surface area contributed by atoms with Crippen LogP contribution in [0.3, 0.4) is 0 Å². The first-order valence-electron chi connectivity index (χ1n) is 12.7. The van der Waals surface area contributed by atoms with Gasteiger partial charge in [0.05, 0.1) is 30.3 Å². The molecule has 4 heterocycles. The Bertz CT molecular complexity index is 1180. The van der Waals surface area contributed by atoms with Gasteiger partial charge in [-0.3, -0.25) is 0 Å². The Labute approximate surface area is 213 Å². The Morgan fingerprint density at radius 2 is 1.92 bits per heavy atom. The SMILES string of the molecule is C=C1NC2C(NCCNC)=CC(N3CCOCC3)=CN2C(c2ncc(Cc3ccc(C)cc3)[nH]2)=C1C. The highest BCUT2D eigenvalue weighted by molar-refractivity contribution is 5.70. The molecule has 1 unspecified atom stereocenters. The summed E-state index contributed by atoms with van der Waals surface area (Å²) in [5.41, 5.74) is 8.95. The molecule has 1 atom stereocenters. The van der Waals surface area contributed by atoms with Crippen LogP contribution < -0.4 is 16.0 Å². The van der Waals surface area contributed by atoms with Crippen molar-refractivity contribution < 1.29 is 4.74 Å². The molecular weight excluding hydrogens is 450 g/mol. The highest BCUT2D eigenvalue weighted by Crippen LogP contribution is 2.35. The highest BCUT2D eigenvalue weighted by atomic mass is 16.5. The maximum Gasteiger partial charge on any atom is 0.154 e. The zero-order valence-electron chi connectivity index (χ0n) is 21.5. The van der Waals surface area contributed by atoms with Crippen molar-refractivity contribution >= 4 is 5.70 Å². The molecule has 8 nitrogen and oxygen atoms in total. The number of likely N-dealkylation sites (N-methyl/N-ethyl adjacent to an activating group) is 1. The lowest BCUT2D eigenvalue weighted by Crippen LogP contribution is -2.52. The van der Waals surface area contributed by atoms with Crippen molar-refractivity contribution in [2.75, 3.05) is 46.4 Å². The summed E-state index contributed by atoms with van der Waals surface area (Å²) >= 11 is 0. The van der Waals surface area contributed by atoms with Crippen LogP contribution in [0.1, 0.15) is 29.6 Å². The van der Waals surface area contributed by atoms with Crippen molar-refractivity contribution in [3.05, 3.63) is 94.6 Å². The van der Waals surface area contributed by atoms with Crippen molar-refractivity contribution in [2.24, 2.45) is 0 Å². The van der Waals surface area contributed by atoms with Crippen LogP contribution in [0, 0.1) is 6.92 Å². The molecule has 190 valence electrons. The van der Waals surface area contributed by atoms with Crippen molar-refractivity contribution in [2.45, 2.75) is 26.4 Å². The Kier molecular flexibility index (Phi) is 7.16. The first-order valence-corrected chi connectivity index (χ1v) is 12.7. The van der Waals surface area contributed by atoms with Crippen LogP contribution in [-0.2, 0) is 11.2 Å². The van der Waals surface area contributed by atoms with Crippen LogP contribution in [0.4, 0.5) is 0 Å². The molecular formula is C28H37N7O. The number of benzene rings is 1. The molecule has 0 saturated carbocycles. The molecule has 8 heteroatoms. The van der Waals surface area contributed by atoms with Gasteiger partial charge in [0.2, 0.25) is 0 Å². The fourth-order valence-corrected chi connectivity index (χ4v) is 4.86. The van der Waals surface area contributed by atoms with Crippen LogP contribution >= 0.6 is 0 Å². The summed E-state index contributed by atoms with van der Waals surface area (Å²) in [6, 6.07) is 8.67. The predicted molar refractivity (Wildman–Crippen MR) is 144 cm³/mol. The van der Waals surface area contributed by atoms with Gasteiger partial charge in [-0.15, -0.1) is 0 Å². The quantitative estimate of drug-likeness (QED) is 0.427. The molecule has 1 aromatic carbocycles. The number of aryl methyl sites for hydroxylation is 1. The van der Waals surface area contributed by atoms with E-state index in [-0.39, 0.29) is 6.17 Å². The fraction of sp³-hybridized carbons (Fsp3) is 0.393. The number of fused-ring (bicyclic) bond motifs is 1. The molecule has 1 aromatic heterocycles. The number of nitrogens with zero attached hydrogens (tertiary/aromatic N) is 3. The first-order chi connectivity index (χ1) is 17.5. The largest absolute Gasteiger partial charge is 0.384 e. The zero-order valence-corrected chi connectivity index (χ0v) is 21.5. The zero-order chi connectivity index (χ0) is 25.1. The molecule has 1 saturated heterocycles. The number of allylic oxidation sites excluding steroid dienone is 2. The van der Waals surface area contributed by atoms with Crippen LogP contribution in [-0.4, -0.2) is 72.4 Å². The minimum absolute atomic E-state index is 0.0801. The summed E-state index contributed by atoms with van der Waals surface area (Å²) in [5, 5.41) is 10.5. The van der Waals surface area contributed by atoms with Gasteiger partial charge >= 0.3 is 0 Å². The van der Waals surface area contributed by atoms with E-state index in [0.29, 0.717) is 0 Å². The Morgan fingerprint density at radius 3 is 2.67 bits per heavy atom. The molecule has 3 aliphatic heterocycles. The summed E-state index contributed by atoms with van der Waals surface area (Å²) in [7, 11) is 1.97. The lowest BCUT2D eigenvalue weighted by molar-refractivity contribution is 0.0541. The third-order valence-electron chi connectivity index (χ3n) is 6.97. The van der Waals surface area contributed by atoms with E-state index in [9.17, 15) is 0 Å². The minimum atomic E-state index is -0.0801. The number of aromatic amines is 1. The Balaban J connectivity index is 1.48. The van der Waals surface area contributed by atoms with Crippen molar-refractivity contribution in [3.8, 4) is 0 Å². The second-order valence-electron chi connectivity index (χ2n) is 9.61. The van der Waals surface area contributed by atoms with Gasteiger partial charge in [0.15, 0.2) is 5.82 Å². The third-order valence-corrected chi connectivity index (χ3v) is 6.97.